The molecule has 2 heterocycles. The van der Waals surface area contributed by atoms with Gasteiger partial charge in [0, 0.05) is 22.8 Å². The van der Waals surface area contributed by atoms with Crippen molar-refractivity contribution in [3.8, 4) is 11.3 Å². The van der Waals surface area contributed by atoms with E-state index in [9.17, 15) is 4.79 Å². The molecular formula is C19H17N5O. The molecule has 0 saturated carbocycles. The second kappa shape index (κ2) is 6.32. The molecule has 6 nitrogen and oxygen atoms in total. The van der Waals surface area contributed by atoms with E-state index in [1.165, 1.54) is 0 Å². The van der Waals surface area contributed by atoms with Crippen molar-refractivity contribution in [2.45, 2.75) is 19.9 Å². The van der Waals surface area contributed by atoms with E-state index in [1.54, 1.807) is 4.52 Å². The molecule has 2 aromatic heterocycles. The normalized spacial score (nSPS) is 11.1. The Balaban J connectivity index is 1.92. The first-order chi connectivity index (χ1) is 12.3. The molecule has 0 radical (unpaired) electrons. The van der Waals surface area contributed by atoms with E-state index in [0.29, 0.717) is 24.4 Å². The van der Waals surface area contributed by atoms with Gasteiger partial charge in [0.2, 0.25) is 5.91 Å². The molecule has 0 unspecified atom stereocenters. The van der Waals surface area contributed by atoms with Crippen molar-refractivity contribution in [3.05, 3.63) is 60.4 Å². The number of hydrogen-bond donors (Lipinski definition) is 1. The van der Waals surface area contributed by atoms with E-state index >= 15 is 0 Å². The molecule has 124 valence electrons. The van der Waals surface area contributed by atoms with Gasteiger partial charge in [-0.05, 0) is 0 Å². The molecule has 1 amide bonds. The second-order valence-electron chi connectivity index (χ2n) is 5.74. The smallest absolute Gasteiger partial charge is 0.220 e. The van der Waals surface area contributed by atoms with Gasteiger partial charge in [-0.3, -0.25) is 4.79 Å². The fraction of sp³-hybridized carbons (Fsp3) is 0.158. The monoisotopic (exact) mass is 331 g/mol. The quantitative estimate of drug-likeness (QED) is 0.624. The summed E-state index contributed by atoms with van der Waals surface area (Å²) in [6, 6.07) is 18.0. The summed E-state index contributed by atoms with van der Waals surface area (Å²) < 4.78 is 1.72. The second-order valence-corrected chi connectivity index (χ2v) is 5.74. The Morgan fingerprint density at radius 1 is 1.00 bits per heavy atom. The molecule has 0 aliphatic heterocycles. The highest BCUT2D eigenvalue weighted by atomic mass is 16.1. The highest BCUT2D eigenvalue weighted by molar-refractivity contribution is 6.01. The minimum absolute atomic E-state index is 0.0270. The molecule has 0 atom stereocenters. The summed E-state index contributed by atoms with van der Waals surface area (Å²) in [5, 5.41) is 18.1. The number of amides is 1. The highest BCUT2D eigenvalue weighted by Crippen LogP contribution is 2.28. The molecule has 0 aliphatic rings. The van der Waals surface area contributed by atoms with Gasteiger partial charge in [0.05, 0.1) is 12.2 Å². The van der Waals surface area contributed by atoms with Crippen LogP contribution in [-0.4, -0.2) is 25.7 Å². The van der Waals surface area contributed by atoms with Gasteiger partial charge in [0.15, 0.2) is 11.5 Å². The fourth-order valence-corrected chi connectivity index (χ4v) is 2.85. The van der Waals surface area contributed by atoms with E-state index in [4.69, 9.17) is 5.10 Å². The molecule has 25 heavy (non-hydrogen) atoms. The summed E-state index contributed by atoms with van der Waals surface area (Å²) in [6.45, 7) is 2.12. The zero-order valence-electron chi connectivity index (χ0n) is 13.8. The Hall–Kier alpha value is -3.28. The van der Waals surface area contributed by atoms with Gasteiger partial charge < -0.3 is 5.32 Å². The maximum Gasteiger partial charge on any atom is 0.220 e. The Bertz CT molecular complexity index is 1060. The van der Waals surface area contributed by atoms with Crippen molar-refractivity contribution < 1.29 is 4.79 Å². The van der Waals surface area contributed by atoms with E-state index in [2.05, 4.69) is 15.5 Å². The lowest BCUT2D eigenvalue weighted by molar-refractivity contribution is -0.120. The number of nitrogens with one attached hydrogen (secondary N) is 1. The zero-order valence-corrected chi connectivity index (χ0v) is 13.8. The predicted molar refractivity (Wildman–Crippen MR) is 95.9 cm³/mol. The number of aromatic nitrogens is 4. The van der Waals surface area contributed by atoms with Crippen LogP contribution in [0.3, 0.4) is 0 Å². The average Bonchev–Trinajstić information content (AvgIpc) is 3.09. The van der Waals surface area contributed by atoms with E-state index < -0.39 is 0 Å². The Morgan fingerprint density at radius 2 is 1.72 bits per heavy atom. The Morgan fingerprint density at radius 3 is 2.48 bits per heavy atom. The number of carbonyl (C=O) groups is 1. The molecule has 0 saturated heterocycles. The van der Waals surface area contributed by atoms with Gasteiger partial charge in [0.1, 0.15) is 0 Å². The van der Waals surface area contributed by atoms with Crippen molar-refractivity contribution in [3.63, 3.8) is 0 Å². The molecular weight excluding hydrogens is 314 g/mol. The Labute approximate surface area is 144 Å². The van der Waals surface area contributed by atoms with Crippen LogP contribution in [0.25, 0.3) is 27.7 Å². The molecule has 0 aliphatic carbocycles. The molecule has 1 N–H and O–H groups in total. The summed E-state index contributed by atoms with van der Waals surface area (Å²) in [5.41, 5.74) is 2.58. The van der Waals surface area contributed by atoms with Crippen LogP contribution in [0, 0.1) is 0 Å². The van der Waals surface area contributed by atoms with Crippen molar-refractivity contribution in [1.82, 2.24) is 25.1 Å². The van der Waals surface area contributed by atoms with Crippen molar-refractivity contribution >= 4 is 22.3 Å². The SMILES string of the molecule is CCC(=O)NCc1nnc2c3ccccc3c(-c3ccccc3)nn12. The zero-order chi connectivity index (χ0) is 17.2. The summed E-state index contributed by atoms with van der Waals surface area (Å²) in [6.07, 6.45) is 0.433. The number of benzene rings is 2. The lowest BCUT2D eigenvalue weighted by atomic mass is 10.1. The molecule has 4 rings (SSSR count). The first-order valence-electron chi connectivity index (χ1n) is 8.23. The first kappa shape index (κ1) is 15.3. The summed E-state index contributed by atoms with van der Waals surface area (Å²) in [7, 11) is 0. The third kappa shape index (κ3) is 2.71. The van der Waals surface area contributed by atoms with Crippen LogP contribution in [-0.2, 0) is 11.3 Å². The van der Waals surface area contributed by atoms with Crippen LogP contribution in [0.5, 0.6) is 0 Å². The van der Waals surface area contributed by atoms with Crippen molar-refractivity contribution in [2.75, 3.05) is 0 Å². The molecule has 0 bridgehead atoms. The van der Waals surface area contributed by atoms with Crippen molar-refractivity contribution in [2.24, 2.45) is 0 Å². The number of rotatable bonds is 4. The third-order valence-electron chi connectivity index (χ3n) is 4.14. The number of carbonyl (C=O) groups excluding carboxylic acids is 1. The lowest BCUT2D eigenvalue weighted by Crippen LogP contribution is -2.23. The lowest BCUT2D eigenvalue weighted by Gasteiger charge is -2.08. The fourth-order valence-electron chi connectivity index (χ4n) is 2.85. The first-order valence-corrected chi connectivity index (χ1v) is 8.23. The van der Waals surface area contributed by atoms with E-state index in [0.717, 1.165) is 22.0 Å². The van der Waals surface area contributed by atoms with Gasteiger partial charge in [-0.15, -0.1) is 10.2 Å². The summed E-state index contributed by atoms with van der Waals surface area (Å²) >= 11 is 0. The standard InChI is InChI=1S/C19H17N5O/c1-2-17(25)20-12-16-21-22-19-15-11-7-6-10-14(15)18(23-24(16)19)13-8-4-3-5-9-13/h3-11H,2,12H2,1H3,(H,20,25). The molecule has 6 heteroatoms. The van der Waals surface area contributed by atoms with E-state index in [1.807, 2.05) is 61.5 Å². The average molecular weight is 331 g/mol. The van der Waals surface area contributed by atoms with E-state index in [-0.39, 0.29) is 5.91 Å². The van der Waals surface area contributed by atoms with Gasteiger partial charge in [-0.2, -0.15) is 9.61 Å². The number of fused-ring (bicyclic) bond motifs is 3. The number of nitrogens with zero attached hydrogens (tertiary/aromatic N) is 4. The van der Waals surface area contributed by atoms with Gasteiger partial charge in [-0.25, -0.2) is 0 Å². The minimum atomic E-state index is -0.0270. The summed E-state index contributed by atoms with van der Waals surface area (Å²) in [4.78, 5) is 11.6. The van der Waals surface area contributed by atoms with Gasteiger partial charge in [-0.1, -0.05) is 61.5 Å². The number of hydrogen-bond acceptors (Lipinski definition) is 4. The minimum Gasteiger partial charge on any atom is -0.349 e. The van der Waals surface area contributed by atoms with Gasteiger partial charge >= 0.3 is 0 Å². The van der Waals surface area contributed by atoms with Crippen LogP contribution in [0.2, 0.25) is 0 Å². The molecule has 2 aromatic carbocycles. The van der Waals surface area contributed by atoms with Crippen molar-refractivity contribution in [1.29, 1.82) is 0 Å². The highest BCUT2D eigenvalue weighted by Gasteiger charge is 2.15. The van der Waals surface area contributed by atoms with Crippen LogP contribution < -0.4 is 5.32 Å². The largest absolute Gasteiger partial charge is 0.349 e. The molecule has 0 fully saturated rings. The molecule has 4 aromatic rings. The summed E-state index contributed by atoms with van der Waals surface area (Å²) in [5.74, 6) is 0.584. The molecule has 0 spiro atoms. The van der Waals surface area contributed by atoms with Crippen LogP contribution >= 0.6 is 0 Å². The van der Waals surface area contributed by atoms with Crippen LogP contribution in [0.15, 0.2) is 54.6 Å². The maximum absolute atomic E-state index is 11.6. The maximum atomic E-state index is 11.6. The topological polar surface area (TPSA) is 72.2 Å². The Kier molecular flexibility index (Phi) is 3.85. The van der Waals surface area contributed by atoms with Crippen LogP contribution in [0.1, 0.15) is 19.2 Å². The van der Waals surface area contributed by atoms with Gasteiger partial charge in [0.25, 0.3) is 0 Å². The van der Waals surface area contributed by atoms with Crippen LogP contribution in [0.4, 0.5) is 0 Å². The predicted octanol–water partition coefficient (Wildman–Crippen LogP) is 2.97. The third-order valence-corrected chi connectivity index (χ3v) is 4.14.